The molecular weight excluding hydrogens is 312 g/mol. The predicted octanol–water partition coefficient (Wildman–Crippen LogP) is 2.09. The van der Waals surface area contributed by atoms with Gasteiger partial charge in [0.15, 0.2) is 0 Å². The summed E-state index contributed by atoms with van der Waals surface area (Å²) < 4.78 is 10.2. The zero-order valence-electron chi connectivity index (χ0n) is 13.6. The fourth-order valence-electron chi connectivity index (χ4n) is 1.89. The molecule has 0 atom stereocenters. The van der Waals surface area contributed by atoms with E-state index >= 15 is 0 Å². The molecule has 0 bridgehead atoms. The molecule has 2 rings (SSSR count). The Labute approximate surface area is 139 Å². The van der Waals surface area contributed by atoms with Crippen LogP contribution in [-0.2, 0) is 4.79 Å². The van der Waals surface area contributed by atoms with E-state index in [9.17, 15) is 9.59 Å². The first-order chi connectivity index (χ1) is 11.6. The monoisotopic (exact) mass is 330 g/mol. The quantitative estimate of drug-likeness (QED) is 0.841. The van der Waals surface area contributed by atoms with Crippen molar-refractivity contribution in [2.75, 3.05) is 24.9 Å². The minimum atomic E-state index is -0.384. The van der Waals surface area contributed by atoms with E-state index in [4.69, 9.17) is 9.47 Å². The first kappa shape index (κ1) is 17.2. The number of hydrogen-bond acceptors (Lipinski definition) is 6. The molecule has 8 heteroatoms. The third kappa shape index (κ3) is 4.19. The van der Waals surface area contributed by atoms with E-state index in [1.54, 1.807) is 25.1 Å². The third-order valence-electron chi connectivity index (χ3n) is 3.15. The topological polar surface area (TPSA) is 102 Å². The van der Waals surface area contributed by atoms with Crippen molar-refractivity contribution >= 4 is 23.3 Å². The van der Waals surface area contributed by atoms with Crippen molar-refractivity contribution in [2.24, 2.45) is 0 Å². The fourth-order valence-corrected chi connectivity index (χ4v) is 1.89. The van der Waals surface area contributed by atoms with Crippen LogP contribution in [0.2, 0.25) is 0 Å². The normalized spacial score (nSPS) is 9.96. The van der Waals surface area contributed by atoms with Crippen LogP contribution in [0.4, 0.5) is 11.5 Å². The van der Waals surface area contributed by atoms with Gasteiger partial charge in [0.25, 0.3) is 5.91 Å². The Hall–Kier alpha value is -3.16. The number of benzene rings is 1. The summed E-state index contributed by atoms with van der Waals surface area (Å²) in [5.74, 6) is 0.557. The molecule has 0 spiro atoms. The number of methoxy groups -OCH3 is 2. The molecule has 126 valence electrons. The van der Waals surface area contributed by atoms with Crippen LogP contribution in [0.1, 0.15) is 23.7 Å². The summed E-state index contributed by atoms with van der Waals surface area (Å²) in [5, 5.41) is 5.34. The van der Waals surface area contributed by atoms with Crippen LogP contribution in [0.15, 0.2) is 30.6 Å². The Bertz CT molecular complexity index is 749. The highest BCUT2D eigenvalue weighted by Gasteiger charge is 2.13. The van der Waals surface area contributed by atoms with E-state index in [0.717, 1.165) is 0 Å². The molecule has 1 aromatic heterocycles. The van der Waals surface area contributed by atoms with Crippen LogP contribution in [-0.4, -0.2) is 36.0 Å². The molecule has 2 N–H and O–H groups in total. The number of aromatic nitrogens is 2. The molecule has 2 amide bonds. The Balaban J connectivity index is 2.22. The van der Waals surface area contributed by atoms with E-state index in [-0.39, 0.29) is 11.8 Å². The zero-order valence-corrected chi connectivity index (χ0v) is 13.6. The number of ether oxygens (including phenoxy) is 2. The van der Waals surface area contributed by atoms with Gasteiger partial charge in [-0.05, 0) is 18.2 Å². The average molecular weight is 330 g/mol. The maximum absolute atomic E-state index is 12.4. The third-order valence-corrected chi connectivity index (χ3v) is 3.15. The second-order valence-corrected chi connectivity index (χ2v) is 4.72. The lowest BCUT2D eigenvalue weighted by molar-refractivity contribution is -0.115. The number of amides is 2. The Morgan fingerprint density at radius 3 is 2.54 bits per heavy atom. The number of rotatable bonds is 6. The summed E-state index contributed by atoms with van der Waals surface area (Å²) in [6.07, 6.45) is 1.61. The Morgan fingerprint density at radius 2 is 1.88 bits per heavy atom. The number of hydrogen-bond donors (Lipinski definition) is 2. The molecular formula is C16H18N4O4. The maximum Gasteiger partial charge on any atom is 0.256 e. The number of nitrogens with one attached hydrogen (secondary N) is 2. The van der Waals surface area contributed by atoms with Crippen molar-refractivity contribution in [3.63, 3.8) is 0 Å². The van der Waals surface area contributed by atoms with Gasteiger partial charge in [0.1, 0.15) is 17.9 Å². The first-order valence-electron chi connectivity index (χ1n) is 7.22. The molecule has 24 heavy (non-hydrogen) atoms. The zero-order chi connectivity index (χ0) is 17.5. The van der Waals surface area contributed by atoms with Crippen molar-refractivity contribution in [3.05, 3.63) is 36.2 Å². The minimum Gasteiger partial charge on any atom is -0.495 e. The van der Waals surface area contributed by atoms with Gasteiger partial charge in [-0.25, -0.2) is 9.97 Å². The van der Waals surface area contributed by atoms with Crippen molar-refractivity contribution < 1.29 is 19.1 Å². The molecule has 1 aromatic carbocycles. The van der Waals surface area contributed by atoms with Gasteiger partial charge in [0, 0.05) is 18.1 Å². The van der Waals surface area contributed by atoms with E-state index in [0.29, 0.717) is 35.1 Å². The largest absolute Gasteiger partial charge is 0.495 e. The van der Waals surface area contributed by atoms with E-state index < -0.39 is 0 Å². The Morgan fingerprint density at radius 1 is 1.08 bits per heavy atom. The van der Waals surface area contributed by atoms with Crippen LogP contribution < -0.4 is 20.1 Å². The van der Waals surface area contributed by atoms with Crippen molar-refractivity contribution in [1.82, 2.24) is 9.97 Å². The lowest BCUT2D eigenvalue weighted by Crippen LogP contribution is -2.15. The van der Waals surface area contributed by atoms with E-state index in [1.807, 2.05) is 0 Å². The Kier molecular flexibility index (Phi) is 5.67. The standard InChI is InChI=1S/C16H18N4O4/c1-4-14(21)19-11-7-10(5-6-12(11)23-2)16(22)20-13-8-15(24-3)18-9-17-13/h5-9H,4H2,1-3H3,(H,19,21)(H,17,18,20,22). The van der Waals surface area contributed by atoms with Crippen LogP contribution in [0, 0.1) is 0 Å². The molecule has 0 aliphatic rings. The maximum atomic E-state index is 12.4. The second-order valence-electron chi connectivity index (χ2n) is 4.72. The number of nitrogens with zero attached hydrogens (tertiary/aromatic N) is 2. The summed E-state index contributed by atoms with van der Waals surface area (Å²) in [6, 6.07) is 6.25. The van der Waals surface area contributed by atoms with Gasteiger partial charge in [0.05, 0.1) is 19.9 Å². The predicted molar refractivity (Wildman–Crippen MR) is 88.5 cm³/mol. The summed E-state index contributed by atoms with van der Waals surface area (Å²) in [6.45, 7) is 1.74. The molecule has 0 fully saturated rings. The fraction of sp³-hybridized carbons (Fsp3) is 0.250. The summed E-state index contributed by atoms with van der Waals surface area (Å²) in [4.78, 5) is 31.8. The molecule has 8 nitrogen and oxygen atoms in total. The lowest BCUT2D eigenvalue weighted by Gasteiger charge is -2.12. The SMILES string of the molecule is CCC(=O)Nc1cc(C(=O)Nc2cc(OC)ncn2)ccc1OC. The van der Waals surface area contributed by atoms with Gasteiger partial charge in [-0.2, -0.15) is 0 Å². The first-order valence-corrected chi connectivity index (χ1v) is 7.22. The molecule has 0 radical (unpaired) electrons. The smallest absolute Gasteiger partial charge is 0.256 e. The summed E-state index contributed by atoms with van der Waals surface area (Å²) >= 11 is 0. The van der Waals surface area contributed by atoms with Crippen LogP contribution >= 0.6 is 0 Å². The molecule has 0 aliphatic heterocycles. The van der Waals surface area contributed by atoms with E-state index in [1.165, 1.54) is 26.6 Å². The van der Waals surface area contributed by atoms with Gasteiger partial charge in [0.2, 0.25) is 11.8 Å². The van der Waals surface area contributed by atoms with Gasteiger partial charge in [-0.1, -0.05) is 6.92 Å². The minimum absolute atomic E-state index is 0.175. The summed E-state index contributed by atoms with van der Waals surface area (Å²) in [7, 11) is 2.96. The highest BCUT2D eigenvalue weighted by Crippen LogP contribution is 2.26. The van der Waals surface area contributed by atoms with Gasteiger partial charge in [-0.15, -0.1) is 0 Å². The highest BCUT2D eigenvalue weighted by atomic mass is 16.5. The van der Waals surface area contributed by atoms with Crippen molar-refractivity contribution in [3.8, 4) is 11.6 Å². The lowest BCUT2D eigenvalue weighted by atomic mass is 10.1. The summed E-state index contributed by atoms with van der Waals surface area (Å²) in [5.41, 5.74) is 0.775. The van der Waals surface area contributed by atoms with Crippen LogP contribution in [0.3, 0.4) is 0 Å². The van der Waals surface area contributed by atoms with Crippen LogP contribution in [0.5, 0.6) is 11.6 Å². The molecule has 0 unspecified atom stereocenters. The van der Waals surface area contributed by atoms with Gasteiger partial charge < -0.3 is 20.1 Å². The number of anilines is 2. The molecule has 0 saturated carbocycles. The highest BCUT2D eigenvalue weighted by molar-refractivity contribution is 6.05. The molecule has 0 aliphatic carbocycles. The second kappa shape index (κ2) is 7.91. The average Bonchev–Trinajstić information content (AvgIpc) is 2.61. The van der Waals surface area contributed by atoms with E-state index in [2.05, 4.69) is 20.6 Å². The number of carbonyl (C=O) groups is 2. The van der Waals surface area contributed by atoms with Crippen molar-refractivity contribution in [2.45, 2.75) is 13.3 Å². The molecule has 1 heterocycles. The van der Waals surface area contributed by atoms with Crippen LogP contribution in [0.25, 0.3) is 0 Å². The molecule has 2 aromatic rings. The van der Waals surface area contributed by atoms with Crippen molar-refractivity contribution in [1.29, 1.82) is 0 Å². The van der Waals surface area contributed by atoms with Gasteiger partial charge >= 0.3 is 0 Å². The molecule has 0 saturated heterocycles. The van der Waals surface area contributed by atoms with Gasteiger partial charge in [-0.3, -0.25) is 9.59 Å². The number of carbonyl (C=O) groups excluding carboxylic acids is 2.